The molecule has 0 saturated heterocycles. The Hall–Kier alpha value is -2.54. The fourth-order valence-electron chi connectivity index (χ4n) is 3.41. The molecule has 0 amide bonds. The lowest BCUT2D eigenvalue weighted by molar-refractivity contribution is -0.139. The van der Waals surface area contributed by atoms with Gasteiger partial charge in [0, 0.05) is 6.08 Å². The molecule has 0 aromatic heterocycles. The molecular weight excluding hydrogens is 648 g/mol. The van der Waals surface area contributed by atoms with Crippen molar-refractivity contribution in [3.63, 3.8) is 0 Å². The lowest BCUT2D eigenvalue weighted by Gasteiger charge is -2.09. The van der Waals surface area contributed by atoms with Gasteiger partial charge in [-0.15, -0.1) is 0 Å². The maximum atomic E-state index is 11.8. The van der Waals surface area contributed by atoms with Gasteiger partial charge in [0.15, 0.2) is 0 Å². The molecule has 282 valence electrons. The lowest BCUT2D eigenvalue weighted by Crippen LogP contribution is -2.16. The molecule has 0 N–H and O–H groups in total. The normalized spacial score (nSPS) is 11.1. The summed E-state index contributed by atoms with van der Waals surface area (Å²) in [4.78, 5) is 22.6. The molecule has 15 heteroatoms. The Bertz CT molecular complexity index is 874. The molecule has 0 fully saturated rings. The number of carbonyl (C=O) groups excluding carboxylic acids is 2. The average molecular weight is 705 g/mol. The van der Waals surface area contributed by atoms with Crippen molar-refractivity contribution in [2.75, 3.05) is 159 Å². The Morgan fingerprint density at radius 3 is 0.898 bits per heavy atom. The van der Waals surface area contributed by atoms with Gasteiger partial charge in [-0.3, -0.25) is 0 Å². The van der Waals surface area contributed by atoms with E-state index in [1.54, 1.807) is 24.3 Å². The van der Waals surface area contributed by atoms with Crippen molar-refractivity contribution in [3.05, 3.63) is 48.6 Å². The second kappa shape index (κ2) is 36.7. The quantitative estimate of drug-likeness (QED) is 0.0558. The highest BCUT2D eigenvalue weighted by Crippen LogP contribution is 2.00. The standard InChI is InChI=1S/C34H56O15/c1-2-33(35)48-30-28-46-26-24-44-22-20-42-18-16-40-14-12-38-10-8-37-9-11-39-13-15-41-17-19-43-21-23-45-25-27-47-29-31-49-34(36)32-6-4-3-5-7-32/h2-7H,1,8-31H2. The highest BCUT2D eigenvalue weighted by atomic mass is 16.6. The third kappa shape index (κ3) is 32.4. The summed E-state index contributed by atoms with van der Waals surface area (Å²) in [7, 11) is 0. The van der Waals surface area contributed by atoms with E-state index in [4.69, 9.17) is 61.6 Å². The van der Waals surface area contributed by atoms with Crippen molar-refractivity contribution >= 4 is 11.9 Å². The molecule has 0 aliphatic carbocycles. The fraction of sp³-hybridized carbons (Fsp3) is 0.706. The third-order valence-corrected chi connectivity index (χ3v) is 5.83. The molecule has 0 unspecified atom stereocenters. The highest BCUT2D eigenvalue weighted by Gasteiger charge is 2.05. The average Bonchev–Trinajstić information content (AvgIpc) is 3.13. The van der Waals surface area contributed by atoms with Gasteiger partial charge in [0.25, 0.3) is 0 Å². The first kappa shape index (κ1) is 44.5. The minimum atomic E-state index is -0.463. The van der Waals surface area contributed by atoms with E-state index in [2.05, 4.69) is 6.58 Å². The van der Waals surface area contributed by atoms with E-state index in [0.717, 1.165) is 6.08 Å². The van der Waals surface area contributed by atoms with Crippen LogP contribution in [-0.4, -0.2) is 171 Å². The maximum absolute atomic E-state index is 11.8. The third-order valence-electron chi connectivity index (χ3n) is 5.83. The van der Waals surface area contributed by atoms with Gasteiger partial charge >= 0.3 is 11.9 Å². The van der Waals surface area contributed by atoms with Crippen LogP contribution in [0.1, 0.15) is 10.4 Å². The van der Waals surface area contributed by atoms with Crippen LogP contribution in [0, 0.1) is 0 Å². The topological polar surface area (TPSA) is 154 Å². The summed E-state index contributed by atoms with van der Waals surface area (Å²) in [6, 6.07) is 8.83. The minimum absolute atomic E-state index is 0.193. The van der Waals surface area contributed by atoms with Gasteiger partial charge in [-0.1, -0.05) is 24.8 Å². The number of ether oxygens (including phenoxy) is 13. The first-order valence-electron chi connectivity index (χ1n) is 16.6. The molecule has 1 aromatic rings. The van der Waals surface area contributed by atoms with Crippen LogP contribution in [0.2, 0.25) is 0 Å². The van der Waals surface area contributed by atoms with Crippen molar-refractivity contribution in [1.29, 1.82) is 0 Å². The van der Waals surface area contributed by atoms with Crippen molar-refractivity contribution in [2.45, 2.75) is 0 Å². The van der Waals surface area contributed by atoms with Crippen LogP contribution in [0.25, 0.3) is 0 Å². The Balaban J connectivity index is 1.63. The lowest BCUT2D eigenvalue weighted by atomic mass is 10.2. The minimum Gasteiger partial charge on any atom is -0.460 e. The molecule has 0 spiro atoms. The zero-order chi connectivity index (χ0) is 35.1. The van der Waals surface area contributed by atoms with E-state index >= 15 is 0 Å². The Morgan fingerprint density at radius 2 is 0.633 bits per heavy atom. The predicted octanol–water partition coefficient (Wildman–Crippen LogP) is 1.76. The summed E-state index contributed by atoms with van der Waals surface area (Å²) in [5.74, 6) is -0.824. The van der Waals surface area contributed by atoms with E-state index in [-0.39, 0.29) is 19.2 Å². The number of hydrogen-bond donors (Lipinski definition) is 0. The molecule has 0 aliphatic rings. The van der Waals surface area contributed by atoms with Crippen LogP contribution in [0.15, 0.2) is 43.0 Å². The summed E-state index contributed by atoms with van der Waals surface area (Å²) < 4.78 is 69.6. The van der Waals surface area contributed by atoms with Crippen LogP contribution < -0.4 is 0 Å². The number of carbonyl (C=O) groups is 2. The second-order valence-electron chi connectivity index (χ2n) is 9.61. The first-order valence-corrected chi connectivity index (χ1v) is 16.6. The molecular formula is C34H56O15. The number of esters is 2. The fourth-order valence-corrected chi connectivity index (χ4v) is 3.41. The van der Waals surface area contributed by atoms with Gasteiger partial charge in [0.2, 0.25) is 0 Å². The summed E-state index contributed by atoms with van der Waals surface area (Å²) in [6.45, 7) is 13.7. The van der Waals surface area contributed by atoms with Crippen LogP contribution in [-0.2, 0) is 66.4 Å². The van der Waals surface area contributed by atoms with Crippen LogP contribution >= 0.6 is 0 Å². The molecule has 49 heavy (non-hydrogen) atoms. The summed E-state index contributed by atoms with van der Waals surface area (Å²) in [5, 5.41) is 0. The van der Waals surface area contributed by atoms with E-state index in [0.29, 0.717) is 151 Å². The Kier molecular flexibility index (Phi) is 33.3. The summed E-state index contributed by atoms with van der Waals surface area (Å²) in [5.41, 5.74) is 0.521. The van der Waals surface area contributed by atoms with Crippen molar-refractivity contribution in [1.82, 2.24) is 0 Å². The number of hydrogen-bond acceptors (Lipinski definition) is 15. The molecule has 0 atom stereocenters. The molecule has 15 nitrogen and oxygen atoms in total. The van der Waals surface area contributed by atoms with Gasteiger partial charge in [-0.25, -0.2) is 9.59 Å². The van der Waals surface area contributed by atoms with Crippen LogP contribution in [0.3, 0.4) is 0 Å². The Labute approximate surface area is 290 Å². The smallest absolute Gasteiger partial charge is 0.338 e. The highest BCUT2D eigenvalue weighted by molar-refractivity contribution is 5.89. The Morgan fingerprint density at radius 1 is 0.388 bits per heavy atom. The number of benzene rings is 1. The van der Waals surface area contributed by atoms with Crippen LogP contribution in [0.5, 0.6) is 0 Å². The van der Waals surface area contributed by atoms with Gasteiger partial charge in [0.05, 0.1) is 151 Å². The maximum Gasteiger partial charge on any atom is 0.338 e. The summed E-state index contributed by atoms with van der Waals surface area (Å²) in [6.07, 6.45) is 1.11. The van der Waals surface area contributed by atoms with Gasteiger partial charge in [-0.05, 0) is 12.1 Å². The van der Waals surface area contributed by atoms with Crippen LogP contribution in [0.4, 0.5) is 0 Å². The largest absolute Gasteiger partial charge is 0.460 e. The zero-order valence-corrected chi connectivity index (χ0v) is 28.8. The molecule has 1 rings (SSSR count). The first-order chi connectivity index (χ1) is 24.2. The molecule has 0 saturated carbocycles. The molecule has 1 aromatic carbocycles. The molecule has 0 radical (unpaired) electrons. The monoisotopic (exact) mass is 704 g/mol. The van der Waals surface area contributed by atoms with Gasteiger partial charge < -0.3 is 61.6 Å². The predicted molar refractivity (Wildman–Crippen MR) is 177 cm³/mol. The van der Waals surface area contributed by atoms with E-state index in [1.165, 1.54) is 0 Å². The molecule has 0 heterocycles. The van der Waals surface area contributed by atoms with E-state index < -0.39 is 5.97 Å². The second-order valence-corrected chi connectivity index (χ2v) is 9.61. The SMILES string of the molecule is C=CC(=O)OCCOCCOCCOCCOCCOCCOCCOCCOCCOCCOCCOCCOC(=O)c1ccccc1. The van der Waals surface area contributed by atoms with Crippen molar-refractivity contribution in [2.24, 2.45) is 0 Å². The van der Waals surface area contributed by atoms with Crippen molar-refractivity contribution in [3.8, 4) is 0 Å². The van der Waals surface area contributed by atoms with E-state index in [9.17, 15) is 9.59 Å². The van der Waals surface area contributed by atoms with Crippen molar-refractivity contribution < 1.29 is 71.2 Å². The number of rotatable bonds is 38. The summed E-state index contributed by atoms with van der Waals surface area (Å²) >= 11 is 0. The zero-order valence-electron chi connectivity index (χ0n) is 28.8. The van der Waals surface area contributed by atoms with Gasteiger partial charge in [0.1, 0.15) is 13.2 Å². The van der Waals surface area contributed by atoms with Gasteiger partial charge in [-0.2, -0.15) is 0 Å². The molecule has 0 aliphatic heterocycles. The van der Waals surface area contributed by atoms with E-state index in [1.807, 2.05) is 6.07 Å². The molecule has 0 bridgehead atoms.